The zero-order valence-corrected chi connectivity index (χ0v) is 21.0. The zero-order chi connectivity index (χ0) is 25.4. The minimum absolute atomic E-state index is 0.0210. The van der Waals surface area contributed by atoms with Gasteiger partial charge in [-0.15, -0.1) is 10.2 Å². The van der Waals surface area contributed by atoms with Crippen LogP contribution in [0.2, 0.25) is 0 Å². The number of hydrogen-bond acceptors (Lipinski definition) is 7. The van der Waals surface area contributed by atoms with Crippen LogP contribution in [0.5, 0.6) is 11.5 Å². The second-order valence-corrected chi connectivity index (χ2v) is 10.0. The van der Waals surface area contributed by atoms with Crippen LogP contribution in [0.1, 0.15) is 59.9 Å². The van der Waals surface area contributed by atoms with Gasteiger partial charge in [-0.2, -0.15) is 0 Å². The summed E-state index contributed by atoms with van der Waals surface area (Å²) in [5.41, 5.74) is 3.99. The molecule has 9 heteroatoms. The predicted octanol–water partition coefficient (Wildman–Crippen LogP) is 3.50. The lowest BCUT2D eigenvalue weighted by molar-refractivity contribution is 0.0342. The fraction of sp³-hybridized carbons (Fsp3) is 0.444. The number of ether oxygens (including phenoxy) is 1. The Morgan fingerprint density at radius 1 is 1.11 bits per heavy atom. The highest BCUT2D eigenvalue weighted by Crippen LogP contribution is 2.38. The van der Waals surface area contributed by atoms with E-state index in [2.05, 4.69) is 32.5 Å². The first-order chi connectivity index (χ1) is 17.3. The van der Waals surface area contributed by atoms with Crippen molar-refractivity contribution < 1.29 is 19.7 Å². The molecule has 9 nitrogen and oxygen atoms in total. The van der Waals surface area contributed by atoms with Crippen LogP contribution in [0.15, 0.2) is 30.3 Å². The number of phenols is 2. The Kier molecular flexibility index (Phi) is 6.68. The molecule has 0 radical (unpaired) electrons. The van der Waals surface area contributed by atoms with Crippen molar-refractivity contribution >= 4 is 5.91 Å². The minimum atomic E-state index is -0.296. The molecule has 2 heterocycles. The highest BCUT2D eigenvalue weighted by molar-refractivity contribution is 5.92. The fourth-order valence-corrected chi connectivity index (χ4v) is 4.63. The van der Waals surface area contributed by atoms with Crippen LogP contribution in [0, 0.1) is 6.92 Å². The minimum Gasteiger partial charge on any atom is -0.508 e. The molecular formula is C27H33N5O4. The predicted molar refractivity (Wildman–Crippen MR) is 136 cm³/mol. The second kappa shape index (κ2) is 9.91. The normalized spacial score (nSPS) is 16.4. The molecule has 0 unspecified atom stereocenters. The highest BCUT2D eigenvalue weighted by atomic mass is 16.5. The molecule has 0 spiro atoms. The molecule has 0 bridgehead atoms. The standard InChI is InChI=1S/C27H33N5O4/c1-16(2)20-13-21(24(34)14-23(20)33)25-29-30-26(27(35)28-19-5-6-19)32(25)22-7-4-18(12-17(22)3)15-31-8-10-36-11-9-31/h4,7,12-14,16,19,33-34H,5-6,8-11,15H2,1-3H3,(H,28,35). The van der Waals surface area contributed by atoms with Crippen LogP contribution in [-0.4, -0.2) is 68.1 Å². The fourth-order valence-electron chi connectivity index (χ4n) is 4.63. The molecule has 2 fully saturated rings. The molecule has 1 aliphatic carbocycles. The van der Waals surface area contributed by atoms with Crippen molar-refractivity contribution in [2.45, 2.75) is 52.1 Å². The second-order valence-electron chi connectivity index (χ2n) is 10.0. The number of carbonyl (C=O) groups excluding carboxylic acids is 1. The molecule has 1 saturated heterocycles. The van der Waals surface area contributed by atoms with Gasteiger partial charge in [-0.25, -0.2) is 0 Å². The Labute approximate surface area is 210 Å². The van der Waals surface area contributed by atoms with Gasteiger partial charge in [0.25, 0.3) is 5.91 Å². The molecule has 1 saturated carbocycles. The molecule has 3 N–H and O–H groups in total. The summed E-state index contributed by atoms with van der Waals surface area (Å²) in [4.78, 5) is 15.5. The van der Waals surface area contributed by atoms with Gasteiger partial charge in [0.1, 0.15) is 11.5 Å². The summed E-state index contributed by atoms with van der Waals surface area (Å²) in [5, 5.41) is 32.7. The van der Waals surface area contributed by atoms with E-state index in [1.807, 2.05) is 26.8 Å². The van der Waals surface area contributed by atoms with E-state index in [9.17, 15) is 15.0 Å². The Morgan fingerprint density at radius 3 is 2.53 bits per heavy atom. The number of aromatic nitrogens is 3. The number of hydrogen-bond donors (Lipinski definition) is 3. The number of morpholine rings is 1. The van der Waals surface area contributed by atoms with Gasteiger partial charge in [0, 0.05) is 31.7 Å². The van der Waals surface area contributed by atoms with E-state index in [4.69, 9.17) is 4.74 Å². The van der Waals surface area contributed by atoms with Gasteiger partial charge in [0.15, 0.2) is 5.82 Å². The van der Waals surface area contributed by atoms with E-state index in [1.165, 1.54) is 11.6 Å². The number of phenolic OH excluding ortho intramolecular Hbond substituents is 2. The molecule has 1 amide bonds. The van der Waals surface area contributed by atoms with Crippen LogP contribution in [0.3, 0.4) is 0 Å². The number of nitrogens with zero attached hydrogens (tertiary/aromatic N) is 4. The van der Waals surface area contributed by atoms with Crippen molar-refractivity contribution in [3.63, 3.8) is 0 Å². The van der Waals surface area contributed by atoms with Crippen LogP contribution in [-0.2, 0) is 11.3 Å². The molecular weight excluding hydrogens is 458 g/mol. The van der Waals surface area contributed by atoms with Gasteiger partial charge in [0.2, 0.25) is 5.82 Å². The molecule has 36 heavy (non-hydrogen) atoms. The Morgan fingerprint density at radius 2 is 1.86 bits per heavy atom. The van der Waals surface area contributed by atoms with Crippen LogP contribution >= 0.6 is 0 Å². The molecule has 0 atom stereocenters. The molecule has 1 aliphatic heterocycles. The largest absolute Gasteiger partial charge is 0.508 e. The van der Waals surface area contributed by atoms with Gasteiger partial charge in [-0.3, -0.25) is 14.3 Å². The van der Waals surface area contributed by atoms with E-state index in [1.54, 1.807) is 10.6 Å². The summed E-state index contributed by atoms with van der Waals surface area (Å²) in [7, 11) is 0. The van der Waals surface area contributed by atoms with Gasteiger partial charge < -0.3 is 20.3 Å². The summed E-state index contributed by atoms with van der Waals surface area (Å²) >= 11 is 0. The average molecular weight is 492 g/mol. The van der Waals surface area contributed by atoms with E-state index < -0.39 is 0 Å². The zero-order valence-electron chi connectivity index (χ0n) is 21.0. The third kappa shape index (κ3) is 4.94. The maximum Gasteiger partial charge on any atom is 0.289 e. The number of rotatable bonds is 7. The Balaban J connectivity index is 1.58. The SMILES string of the molecule is Cc1cc(CN2CCOCC2)ccc1-n1c(C(=O)NC2CC2)nnc1-c1cc(C(C)C)c(O)cc1O. The highest BCUT2D eigenvalue weighted by Gasteiger charge is 2.29. The first kappa shape index (κ1) is 24.3. The van der Waals surface area contributed by atoms with Crippen LogP contribution in [0.25, 0.3) is 17.1 Å². The molecule has 5 rings (SSSR count). The van der Waals surface area contributed by atoms with Crippen molar-refractivity contribution in [3.8, 4) is 28.6 Å². The molecule has 3 aromatic rings. The van der Waals surface area contributed by atoms with Crippen molar-refractivity contribution in [2.75, 3.05) is 26.3 Å². The first-order valence-electron chi connectivity index (χ1n) is 12.5. The topological polar surface area (TPSA) is 113 Å². The van der Waals surface area contributed by atoms with Gasteiger partial charge in [0.05, 0.1) is 24.5 Å². The Hall–Kier alpha value is -3.43. The maximum atomic E-state index is 13.1. The third-order valence-corrected chi connectivity index (χ3v) is 6.80. The number of nitrogens with one attached hydrogen (secondary N) is 1. The van der Waals surface area contributed by atoms with E-state index in [0.29, 0.717) is 17.0 Å². The first-order valence-corrected chi connectivity index (χ1v) is 12.5. The number of aryl methyl sites for hydroxylation is 1. The summed E-state index contributed by atoms with van der Waals surface area (Å²) < 4.78 is 7.17. The quantitative estimate of drug-likeness (QED) is 0.464. The van der Waals surface area contributed by atoms with E-state index in [-0.39, 0.29) is 35.2 Å². The number of benzene rings is 2. The lowest BCUT2D eigenvalue weighted by Gasteiger charge is -2.26. The van der Waals surface area contributed by atoms with Crippen LogP contribution in [0.4, 0.5) is 0 Å². The smallest absolute Gasteiger partial charge is 0.289 e. The molecule has 190 valence electrons. The van der Waals surface area contributed by atoms with Crippen molar-refractivity contribution in [3.05, 3.63) is 52.8 Å². The molecule has 1 aromatic heterocycles. The van der Waals surface area contributed by atoms with Crippen molar-refractivity contribution in [1.29, 1.82) is 0 Å². The van der Waals surface area contributed by atoms with Gasteiger partial charge >= 0.3 is 0 Å². The Bertz CT molecular complexity index is 1280. The monoisotopic (exact) mass is 491 g/mol. The summed E-state index contributed by atoms with van der Waals surface area (Å²) in [6, 6.07) is 9.37. The number of carbonyl (C=O) groups is 1. The maximum absolute atomic E-state index is 13.1. The summed E-state index contributed by atoms with van der Waals surface area (Å²) in [6.45, 7) is 10.1. The average Bonchev–Trinajstić information content (AvgIpc) is 3.55. The van der Waals surface area contributed by atoms with Gasteiger partial charge in [-0.05, 0) is 54.5 Å². The molecule has 2 aromatic carbocycles. The molecule has 2 aliphatic rings. The van der Waals surface area contributed by atoms with Crippen molar-refractivity contribution in [2.24, 2.45) is 0 Å². The number of aromatic hydroxyl groups is 2. The van der Waals surface area contributed by atoms with Gasteiger partial charge in [-0.1, -0.05) is 26.0 Å². The number of amides is 1. The van der Waals surface area contributed by atoms with E-state index in [0.717, 1.165) is 56.9 Å². The third-order valence-electron chi connectivity index (χ3n) is 6.80. The van der Waals surface area contributed by atoms with Crippen molar-refractivity contribution in [1.82, 2.24) is 25.0 Å². The summed E-state index contributed by atoms with van der Waals surface area (Å²) in [6.07, 6.45) is 1.91. The van der Waals surface area contributed by atoms with E-state index >= 15 is 0 Å². The lowest BCUT2D eigenvalue weighted by Crippen LogP contribution is -2.35. The van der Waals surface area contributed by atoms with Crippen LogP contribution < -0.4 is 5.32 Å². The summed E-state index contributed by atoms with van der Waals surface area (Å²) in [5.74, 6) is 0.141. The lowest BCUT2D eigenvalue weighted by atomic mass is 9.98.